The van der Waals surface area contributed by atoms with Crippen LogP contribution in [0.1, 0.15) is 52.9 Å². The largest absolute Gasteiger partial charge is 0.381 e. The molecule has 3 amide bonds. The molecule has 2 heterocycles. The molecule has 7 heteroatoms. The molecule has 2 aliphatic heterocycles. The van der Waals surface area contributed by atoms with Gasteiger partial charge in [0.1, 0.15) is 6.04 Å². The lowest BCUT2D eigenvalue weighted by Crippen LogP contribution is -2.52. The third-order valence-corrected chi connectivity index (χ3v) is 5.60. The number of nitrogens with zero attached hydrogens (tertiary/aromatic N) is 1. The van der Waals surface area contributed by atoms with Gasteiger partial charge in [0.05, 0.1) is 0 Å². The predicted molar refractivity (Wildman–Crippen MR) is 109 cm³/mol. The van der Waals surface area contributed by atoms with E-state index >= 15 is 0 Å². The molecule has 4 rings (SSSR count). The summed E-state index contributed by atoms with van der Waals surface area (Å²) < 4.78 is 0. The van der Waals surface area contributed by atoms with Gasteiger partial charge < -0.3 is 16.0 Å². The van der Waals surface area contributed by atoms with Gasteiger partial charge >= 0.3 is 0 Å². The van der Waals surface area contributed by atoms with Gasteiger partial charge in [-0.25, -0.2) is 0 Å². The normalized spacial score (nSPS) is 19.7. The van der Waals surface area contributed by atoms with Crippen LogP contribution in [-0.2, 0) is 22.7 Å². The predicted octanol–water partition coefficient (Wildman–Crippen LogP) is 2.08. The Kier molecular flexibility index (Phi) is 5.07. The summed E-state index contributed by atoms with van der Waals surface area (Å²) in [6, 6.07) is 13.0. The smallest absolute Gasteiger partial charge is 0.255 e. The van der Waals surface area contributed by atoms with E-state index in [0.29, 0.717) is 25.1 Å². The summed E-state index contributed by atoms with van der Waals surface area (Å²) in [5, 5.41) is 5.72. The highest BCUT2D eigenvalue weighted by molar-refractivity contribution is 6.05. The van der Waals surface area contributed by atoms with Gasteiger partial charge in [-0.2, -0.15) is 0 Å². The first-order valence-corrected chi connectivity index (χ1v) is 9.79. The third kappa shape index (κ3) is 3.73. The van der Waals surface area contributed by atoms with E-state index in [4.69, 9.17) is 5.73 Å². The standard InChI is InChI=1S/C22H24N4O3/c1-13(23)14-5-7-16(8-6-14)24-11-15-3-2-4-17-18(15)12-26(22(17)29)19-9-10-20(27)25-21(19)28/h2-8,13,19,24H,9-12,23H2,1H3,(H,25,27,28)/t13-,19?/m1/s1. The fourth-order valence-electron chi connectivity index (χ4n) is 3.92. The van der Waals surface area contributed by atoms with Crippen molar-refractivity contribution in [2.24, 2.45) is 5.73 Å². The maximum Gasteiger partial charge on any atom is 0.255 e. The molecular weight excluding hydrogens is 368 g/mol. The first-order valence-electron chi connectivity index (χ1n) is 9.79. The summed E-state index contributed by atoms with van der Waals surface area (Å²) >= 11 is 0. The van der Waals surface area contributed by atoms with Crippen molar-refractivity contribution in [2.45, 2.75) is 44.9 Å². The van der Waals surface area contributed by atoms with Crippen molar-refractivity contribution in [3.8, 4) is 0 Å². The first kappa shape index (κ1) is 19.1. The second-order valence-corrected chi connectivity index (χ2v) is 7.61. The molecule has 29 heavy (non-hydrogen) atoms. The Bertz CT molecular complexity index is 969. The molecule has 1 fully saturated rings. The number of carbonyl (C=O) groups excluding carboxylic acids is 3. The fourth-order valence-corrected chi connectivity index (χ4v) is 3.92. The number of hydrogen-bond acceptors (Lipinski definition) is 5. The van der Waals surface area contributed by atoms with Gasteiger partial charge in [0.15, 0.2) is 0 Å². The highest BCUT2D eigenvalue weighted by Gasteiger charge is 2.39. The number of imide groups is 1. The Morgan fingerprint density at radius 1 is 1.17 bits per heavy atom. The number of amides is 3. The number of hydrogen-bond donors (Lipinski definition) is 3. The van der Waals surface area contributed by atoms with Crippen molar-refractivity contribution in [1.82, 2.24) is 10.2 Å². The summed E-state index contributed by atoms with van der Waals surface area (Å²) in [4.78, 5) is 38.1. The van der Waals surface area contributed by atoms with Crippen molar-refractivity contribution in [3.05, 3.63) is 64.7 Å². The number of nitrogens with two attached hydrogens (primary N) is 1. The van der Waals surface area contributed by atoms with Crippen LogP contribution in [0.15, 0.2) is 42.5 Å². The number of piperidine rings is 1. The lowest BCUT2D eigenvalue weighted by atomic mass is 10.0. The topological polar surface area (TPSA) is 105 Å². The maximum atomic E-state index is 12.9. The van der Waals surface area contributed by atoms with Crippen LogP contribution in [0.25, 0.3) is 0 Å². The van der Waals surface area contributed by atoms with Crippen molar-refractivity contribution in [2.75, 3.05) is 5.32 Å². The van der Waals surface area contributed by atoms with Crippen LogP contribution in [-0.4, -0.2) is 28.7 Å². The average Bonchev–Trinajstić information content (AvgIpc) is 3.04. The molecular formula is C22H24N4O3. The van der Waals surface area contributed by atoms with Crippen molar-refractivity contribution < 1.29 is 14.4 Å². The summed E-state index contributed by atoms with van der Waals surface area (Å²) in [5.41, 5.74) is 10.5. The second kappa shape index (κ2) is 7.67. The molecule has 4 N–H and O–H groups in total. The van der Waals surface area contributed by atoms with E-state index in [2.05, 4.69) is 10.6 Å². The Balaban J connectivity index is 1.49. The van der Waals surface area contributed by atoms with Gasteiger partial charge in [-0.3, -0.25) is 19.7 Å². The van der Waals surface area contributed by atoms with Gasteiger partial charge in [0.25, 0.3) is 5.91 Å². The number of nitrogens with one attached hydrogen (secondary N) is 2. The molecule has 2 aromatic rings. The summed E-state index contributed by atoms with van der Waals surface area (Å²) in [7, 11) is 0. The van der Waals surface area contributed by atoms with E-state index in [1.54, 1.807) is 11.0 Å². The van der Waals surface area contributed by atoms with Gasteiger partial charge in [0.2, 0.25) is 11.8 Å². The minimum absolute atomic E-state index is 0.00859. The van der Waals surface area contributed by atoms with Gasteiger partial charge in [-0.1, -0.05) is 24.3 Å². The van der Waals surface area contributed by atoms with Crippen molar-refractivity contribution >= 4 is 23.4 Å². The van der Waals surface area contributed by atoms with Crippen molar-refractivity contribution in [3.63, 3.8) is 0 Å². The van der Waals surface area contributed by atoms with Crippen LogP contribution in [0.2, 0.25) is 0 Å². The fraction of sp³-hybridized carbons (Fsp3) is 0.318. The number of benzene rings is 2. The zero-order valence-corrected chi connectivity index (χ0v) is 16.3. The molecule has 7 nitrogen and oxygen atoms in total. The summed E-state index contributed by atoms with van der Waals surface area (Å²) in [6.07, 6.45) is 0.617. The number of rotatable bonds is 5. The molecule has 0 radical (unpaired) electrons. The van der Waals surface area contributed by atoms with Crippen molar-refractivity contribution in [1.29, 1.82) is 0 Å². The highest BCUT2D eigenvalue weighted by Crippen LogP contribution is 2.30. The SMILES string of the molecule is C[C@@H](N)c1ccc(NCc2cccc3c2CN(C2CCC(=O)NC2=O)C3=O)cc1. The number of fused-ring (bicyclic) bond motifs is 1. The molecule has 2 aromatic carbocycles. The monoisotopic (exact) mass is 392 g/mol. The quantitative estimate of drug-likeness (QED) is 0.676. The van der Waals surface area contributed by atoms with Crippen LogP contribution in [0.4, 0.5) is 5.69 Å². The number of carbonyl (C=O) groups is 3. The summed E-state index contributed by atoms with van der Waals surface area (Å²) in [6.45, 7) is 2.89. The molecule has 2 atom stereocenters. The Morgan fingerprint density at radius 2 is 1.93 bits per heavy atom. The van der Waals surface area contributed by atoms with Crippen LogP contribution in [0.5, 0.6) is 0 Å². The zero-order chi connectivity index (χ0) is 20.5. The molecule has 0 aromatic heterocycles. The third-order valence-electron chi connectivity index (χ3n) is 5.60. The first-order chi connectivity index (χ1) is 13.9. The molecule has 2 aliphatic rings. The lowest BCUT2D eigenvalue weighted by molar-refractivity contribution is -0.136. The van der Waals surface area contributed by atoms with Gasteiger partial charge in [-0.05, 0) is 48.2 Å². The molecule has 150 valence electrons. The Morgan fingerprint density at radius 3 is 2.62 bits per heavy atom. The molecule has 0 spiro atoms. The van der Waals surface area contributed by atoms with E-state index in [-0.39, 0.29) is 24.3 Å². The summed E-state index contributed by atoms with van der Waals surface area (Å²) in [5.74, 6) is -0.829. The molecule has 1 unspecified atom stereocenters. The molecule has 0 saturated carbocycles. The van der Waals surface area contributed by atoms with E-state index in [9.17, 15) is 14.4 Å². The van der Waals surface area contributed by atoms with E-state index in [1.165, 1.54) is 0 Å². The molecule has 0 aliphatic carbocycles. The molecule has 0 bridgehead atoms. The minimum Gasteiger partial charge on any atom is -0.381 e. The number of anilines is 1. The zero-order valence-electron chi connectivity index (χ0n) is 16.3. The van der Waals surface area contributed by atoms with E-state index < -0.39 is 11.9 Å². The van der Waals surface area contributed by atoms with Crippen LogP contribution in [0.3, 0.4) is 0 Å². The van der Waals surface area contributed by atoms with Crippen LogP contribution < -0.4 is 16.4 Å². The highest BCUT2D eigenvalue weighted by atomic mass is 16.2. The lowest BCUT2D eigenvalue weighted by Gasteiger charge is -2.29. The average molecular weight is 392 g/mol. The van der Waals surface area contributed by atoms with Gasteiger partial charge in [0, 0.05) is 36.8 Å². The Hall–Kier alpha value is -3.19. The maximum absolute atomic E-state index is 12.9. The van der Waals surface area contributed by atoms with E-state index in [1.807, 2.05) is 43.3 Å². The Labute approximate surface area is 169 Å². The van der Waals surface area contributed by atoms with Gasteiger partial charge in [-0.15, -0.1) is 0 Å². The molecule has 1 saturated heterocycles. The minimum atomic E-state index is -0.598. The van der Waals surface area contributed by atoms with Crippen LogP contribution >= 0.6 is 0 Å². The van der Waals surface area contributed by atoms with Crippen LogP contribution in [0, 0.1) is 0 Å². The second-order valence-electron chi connectivity index (χ2n) is 7.61. The van der Waals surface area contributed by atoms with E-state index in [0.717, 1.165) is 22.4 Å².